The molecule has 1 aliphatic heterocycles. The summed E-state index contributed by atoms with van der Waals surface area (Å²) in [7, 11) is 0. The van der Waals surface area contributed by atoms with Crippen LogP contribution in [0.5, 0.6) is 0 Å². The molecule has 1 aliphatic carbocycles. The van der Waals surface area contributed by atoms with Crippen LogP contribution in [0.3, 0.4) is 0 Å². The molecule has 7 nitrogen and oxygen atoms in total. The smallest absolute Gasteiger partial charge is 0.243 e. The Morgan fingerprint density at radius 1 is 0.943 bits per heavy atom. The van der Waals surface area contributed by atoms with Gasteiger partial charge in [-0.25, -0.2) is 9.97 Å². The van der Waals surface area contributed by atoms with E-state index in [1.165, 1.54) is 12.0 Å². The van der Waals surface area contributed by atoms with Crippen molar-refractivity contribution in [1.82, 2.24) is 20.2 Å². The van der Waals surface area contributed by atoms with Gasteiger partial charge in [-0.3, -0.25) is 9.69 Å². The summed E-state index contributed by atoms with van der Waals surface area (Å²) >= 11 is 0. The number of hydrogen-bond donors (Lipinski definition) is 1. The van der Waals surface area contributed by atoms with Crippen molar-refractivity contribution in [3.63, 3.8) is 0 Å². The van der Waals surface area contributed by atoms with E-state index >= 15 is 0 Å². The molecule has 0 unspecified atom stereocenters. The molecule has 3 aromatic rings. The summed E-state index contributed by atoms with van der Waals surface area (Å²) in [6.07, 6.45) is 5.41. The number of fused-ring (bicyclic) bond motifs is 1. The quantitative estimate of drug-likeness (QED) is 0.588. The van der Waals surface area contributed by atoms with E-state index in [4.69, 9.17) is 9.97 Å². The maximum atomic E-state index is 13.2. The molecule has 1 N–H and O–H groups in total. The fourth-order valence-electron chi connectivity index (χ4n) is 5.17. The highest BCUT2D eigenvalue weighted by molar-refractivity contribution is 5.89. The number of carbonyl (C=O) groups is 1. The molecule has 1 amide bonds. The lowest BCUT2D eigenvalue weighted by Gasteiger charge is -2.36. The maximum absolute atomic E-state index is 13.2. The van der Waals surface area contributed by atoms with Crippen LogP contribution in [0.15, 0.2) is 54.6 Å². The van der Waals surface area contributed by atoms with Gasteiger partial charge in [0.25, 0.3) is 0 Å². The van der Waals surface area contributed by atoms with Crippen molar-refractivity contribution in [3.8, 4) is 6.07 Å². The van der Waals surface area contributed by atoms with Gasteiger partial charge in [0.2, 0.25) is 5.91 Å². The summed E-state index contributed by atoms with van der Waals surface area (Å²) in [5, 5.41) is 13.2. The molecule has 0 bridgehead atoms. The number of carbonyl (C=O) groups excluding carboxylic acids is 1. The molecule has 1 saturated carbocycles. The highest BCUT2D eigenvalue weighted by Crippen LogP contribution is 2.29. The van der Waals surface area contributed by atoms with Crippen molar-refractivity contribution in [2.75, 3.05) is 31.1 Å². The van der Waals surface area contributed by atoms with Crippen molar-refractivity contribution >= 4 is 22.8 Å². The topological polar surface area (TPSA) is 85.1 Å². The summed E-state index contributed by atoms with van der Waals surface area (Å²) in [6.45, 7) is 4.22. The van der Waals surface area contributed by atoms with Gasteiger partial charge in [0.05, 0.1) is 17.1 Å². The van der Waals surface area contributed by atoms with Gasteiger partial charge in [0.15, 0.2) is 11.7 Å². The number of para-hydroxylation sites is 2. The molecule has 180 valence electrons. The summed E-state index contributed by atoms with van der Waals surface area (Å²) < 4.78 is 0. The SMILES string of the molecule is N#C[C@H](C(=O)NC1CCCCC1)c1nc2ccccc2nc1N1CCN(Cc2ccccc2)CC1. The molecule has 1 atom stereocenters. The normalized spacial score (nSPS) is 18.2. The van der Waals surface area contributed by atoms with Crippen LogP contribution in [0.2, 0.25) is 0 Å². The van der Waals surface area contributed by atoms with Gasteiger partial charge in [-0.05, 0) is 30.5 Å². The van der Waals surface area contributed by atoms with Gasteiger partial charge in [0.1, 0.15) is 5.69 Å². The lowest BCUT2D eigenvalue weighted by molar-refractivity contribution is -0.122. The first kappa shape index (κ1) is 23.3. The van der Waals surface area contributed by atoms with Crippen molar-refractivity contribution in [2.24, 2.45) is 0 Å². The molecule has 2 fully saturated rings. The third-order valence-electron chi connectivity index (χ3n) is 7.12. The van der Waals surface area contributed by atoms with E-state index in [1.807, 2.05) is 30.3 Å². The average molecular weight is 469 g/mol. The number of piperazine rings is 1. The first-order valence-electron chi connectivity index (χ1n) is 12.7. The van der Waals surface area contributed by atoms with Crippen LogP contribution in [0.25, 0.3) is 11.0 Å². The van der Waals surface area contributed by atoms with E-state index < -0.39 is 5.92 Å². The Balaban J connectivity index is 1.38. The Morgan fingerprint density at radius 2 is 1.60 bits per heavy atom. The van der Waals surface area contributed by atoms with Gasteiger partial charge in [-0.15, -0.1) is 0 Å². The second-order valence-electron chi connectivity index (χ2n) is 9.58. The molecular formula is C28H32N6O. The van der Waals surface area contributed by atoms with Gasteiger partial charge in [-0.2, -0.15) is 5.26 Å². The summed E-state index contributed by atoms with van der Waals surface area (Å²) in [6, 6.07) is 20.6. The van der Waals surface area contributed by atoms with E-state index in [0.29, 0.717) is 17.0 Å². The number of nitrogens with zero attached hydrogens (tertiary/aromatic N) is 5. The lowest BCUT2D eigenvalue weighted by Crippen LogP contribution is -2.47. The molecule has 0 radical (unpaired) electrons. The number of nitriles is 1. The van der Waals surface area contributed by atoms with Crippen LogP contribution >= 0.6 is 0 Å². The molecule has 35 heavy (non-hydrogen) atoms. The number of benzene rings is 2. The minimum Gasteiger partial charge on any atom is -0.352 e. The second kappa shape index (κ2) is 10.8. The number of rotatable bonds is 6. The Hall–Kier alpha value is -3.50. The van der Waals surface area contributed by atoms with E-state index in [9.17, 15) is 10.1 Å². The average Bonchev–Trinajstić information content (AvgIpc) is 2.90. The van der Waals surface area contributed by atoms with Crippen molar-refractivity contribution in [3.05, 3.63) is 65.9 Å². The summed E-state index contributed by atoms with van der Waals surface area (Å²) in [5.74, 6) is -0.576. The minimum atomic E-state index is -0.980. The predicted octanol–water partition coefficient (Wildman–Crippen LogP) is 4.01. The zero-order valence-electron chi connectivity index (χ0n) is 20.1. The molecule has 5 rings (SSSR count). The van der Waals surface area contributed by atoms with E-state index in [0.717, 1.165) is 63.9 Å². The Bertz CT molecular complexity index is 1190. The molecule has 0 spiro atoms. The monoisotopic (exact) mass is 468 g/mol. The number of aromatic nitrogens is 2. The number of amides is 1. The number of hydrogen-bond acceptors (Lipinski definition) is 6. The predicted molar refractivity (Wildman–Crippen MR) is 137 cm³/mol. The van der Waals surface area contributed by atoms with E-state index in [-0.39, 0.29) is 11.9 Å². The zero-order valence-corrected chi connectivity index (χ0v) is 20.1. The van der Waals surface area contributed by atoms with Crippen molar-refractivity contribution in [2.45, 2.75) is 50.6 Å². The Kier molecular flexibility index (Phi) is 7.20. The van der Waals surface area contributed by atoms with Gasteiger partial charge in [0, 0.05) is 38.8 Å². The number of anilines is 1. The van der Waals surface area contributed by atoms with Crippen molar-refractivity contribution < 1.29 is 4.79 Å². The fraction of sp³-hybridized carbons (Fsp3) is 0.429. The molecule has 2 heterocycles. The first-order valence-corrected chi connectivity index (χ1v) is 12.7. The highest BCUT2D eigenvalue weighted by Gasteiger charge is 2.31. The van der Waals surface area contributed by atoms with Crippen molar-refractivity contribution in [1.29, 1.82) is 5.26 Å². The Morgan fingerprint density at radius 3 is 2.29 bits per heavy atom. The molecular weight excluding hydrogens is 436 g/mol. The molecule has 1 saturated heterocycles. The van der Waals surface area contributed by atoms with Gasteiger partial charge in [-0.1, -0.05) is 61.7 Å². The van der Waals surface area contributed by atoms with E-state index in [2.05, 4.69) is 45.5 Å². The van der Waals surface area contributed by atoms with Crippen LogP contribution in [0.1, 0.15) is 49.3 Å². The van der Waals surface area contributed by atoms with Gasteiger partial charge >= 0.3 is 0 Å². The van der Waals surface area contributed by atoms with Crippen LogP contribution < -0.4 is 10.2 Å². The lowest BCUT2D eigenvalue weighted by atomic mass is 9.94. The summed E-state index contributed by atoms with van der Waals surface area (Å²) in [4.78, 5) is 27.6. The Labute approximate surface area is 206 Å². The maximum Gasteiger partial charge on any atom is 0.243 e. The largest absolute Gasteiger partial charge is 0.352 e. The summed E-state index contributed by atoms with van der Waals surface area (Å²) in [5.41, 5.74) is 3.26. The minimum absolute atomic E-state index is 0.144. The van der Waals surface area contributed by atoms with Crippen LogP contribution in [-0.4, -0.2) is 53.0 Å². The molecule has 7 heteroatoms. The molecule has 2 aliphatic rings. The van der Waals surface area contributed by atoms with E-state index in [1.54, 1.807) is 0 Å². The zero-order chi connectivity index (χ0) is 24.0. The van der Waals surface area contributed by atoms with Crippen LogP contribution in [-0.2, 0) is 11.3 Å². The third-order valence-corrected chi connectivity index (χ3v) is 7.12. The standard InChI is InChI=1S/C28H32N6O/c29-19-23(28(35)30-22-11-5-2-6-12-22)26-27(32-25-14-8-7-13-24(25)31-26)34-17-15-33(16-18-34)20-21-9-3-1-4-10-21/h1,3-4,7-10,13-14,22-23H,2,5-6,11-12,15-18,20H2,(H,30,35)/t23-/m0/s1. The van der Waals surface area contributed by atoms with Gasteiger partial charge < -0.3 is 10.2 Å². The highest BCUT2D eigenvalue weighted by atomic mass is 16.2. The van der Waals surface area contributed by atoms with Crippen LogP contribution in [0.4, 0.5) is 5.82 Å². The molecule has 2 aromatic carbocycles. The fourth-order valence-corrected chi connectivity index (χ4v) is 5.17. The first-order chi connectivity index (χ1) is 17.2. The molecule has 1 aromatic heterocycles. The van der Waals surface area contributed by atoms with Crippen LogP contribution in [0, 0.1) is 11.3 Å². The second-order valence-corrected chi connectivity index (χ2v) is 9.58. The third kappa shape index (κ3) is 5.44. The number of nitrogens with one attached hydrogen (secondary N) is 1.